The van der Waals surface area contributed by atoms with Crippen LogP contribution in [0.25, 0.3) is 22.3 Å². The van der Waals surface area contributed by atoms with E-state index in [-0.39, 0.29) is 46.5 Å². The molecule has 4 heteroatoms. The fraction of sp³-hybridized carbons (Fsp3) is 0.411. The number of halogens is 2. The van der Waals surface area contributed by atoms with Gasteiger partial charge < -0.3 is 0 Å². The third-order valence-electron chi connectivity index (χ3n) is 11.7. The van der Waals surface area contributed by atoms with E-state index in [1.165, 1.54) is 96.6 Å². The molecule has 4 aromatic carbocycles. The molecule has 4 aliphatic rings. The summed E-state index contributed by atoms with van der Waals surface area (Å²) in [6.45, 7) is 38.5. The molecule has 0 spiro atoms. The number of hydrogen-bond donors (Lipinski definition) is 0. The molecule has 0 N–H and O–H groups in total. The van der Waals surface area contributed by atoms with Gasteiger partial charge >= 0.3 is 28.4 Å². The first-order chi connectivity index (χ1) is 26.8. The Bertz CT molecular complexity index is 2080. The van der Waals surface area contributed by atoms with Gasteiger partial charge in [-0.25, -0.2) is 16.3 Å². The number of benzene rings is 4. The van der Waals surface area contributed by atoms with Crippen molar-refractivity contribution in [2.24, 2.45) is 5.92 Å². The molecule has 0 saturated heterocycles. The molecule has 0 aliphatic heterocycles. The number of fused-ring (bicyclic) bond motifs is 5. The zero-order chi connectivity index (χ0) is 43.6. The summed E-state index contributed by atoms with van der Waals surface area (Å²) in [6, 6.07) is 32.1. The summed E-state index contributed by atoms with van der Waals surface area (Å²) in [7, 11) is -1.07. The molecule has 0 amide bonds. The van der Waals surface area contributed by atoms with E-state index in [0.717, 1.165) is 6.42 Å². The van der Waals surface area contributed by atoms with Crippen molar-refractivity contribution >= 4 is 48.2 Å². The molecular weight excluding hydrogens is 863 g/mol. The fourth-order valence-corrected chi connectivity index (χ4v) is 10.6. The summed E-state index contributed by atoms with van der Waals surface area (Å²) in [5.74, 6) is 0.553. The first kappa shape index (κ1) is 53.5. The van der Waals surface area contributed by atoms with Gasteiger partial charge in [-0.05, 0) is 77.3 Å². The predicted molar refractivity (Wildman–Crippen MR) is 269 cm³/mol. The van der Waals surface area contributed by atoms with E-state index in [2.05, 4.69) is 206 Å². The Morgan fingerprint density at radius 1 is 0.650 bits per heavy atom. The monoisotopic (exact) mass is 932 g/mol. The molecule has 4 aromatic rings. The van der Waals surface area contributed by atoms with Crippen LogP contribution in [0.3, 0.4) is 0 Å². The van der Waals surface area contributed by atoms with Crippen LogP contribution >= 0.6 is 24.8 Å². The van der Waals surface area contributed by atoms with Crippen LogP contribution in [0, 0.1) is 30.2 Å². The predicted octanol–water partition coefficient (Wildman–Crippen LogP) is 16.0. The van der Waals surface area contributed by atoms with Gasteiger partial charge in [-0.15, -0.1) is 36.4 Å². The summed E-state index contributed by atoms with van der Waals surface area (Å²) >= 11 is 1.30. The van der Waals surface area contributed by atoms with Crippen LogP contribution < -0.4 is 0 Å². The van der Waals surface area contributed by atoms with Gasteiger partial charge in [0.05, 0.1) is 0 Å². The van der Waals surface area contributed by atoms with E-state index >= 15 is 0 Å². The molecule has 60 heavy (non-hydrogen) atoms. The molecule has 1 unspecified atom stereocenters. The fourth-order valence-electron chi connectivity index (χ4n) is 8.70. The van der Waals surface area contributed by atoms with E-state index in [1.54, 1.807) is 5.20 Å². The zero-order valence-corrected chi connectivity index (χ0v) is 45.0. The summed E-state index contributed by atoms with van der Waals surface area (Å²) in [4.78, 5) is 0. The van der Waals surface area contributed by atoms with Crippen molar-refractivity contribution in [1.82, 2.24) is 0 Å². The molecular formula is C56H72Cl2SiZr-4. The van der Waals surface area contributed by atoms with Crippen molar-refractivity contribution in [1.29, 1.82) is 0 Å². The number of rotatable bonds is 1. The molecule has 0 nitrogen and oxygen atoms in total. The zero-order valence-electron chi connectivity index (χ0n) is 39.9. The Morgan fingerprint density at radius 3 is 1.45 bits per heavy atom. The van der Waals surface area contributed by atoms with Crippen LogP contribution in [0.15, 0.2) is 95.7 Å². The van der Waals surface area contributed by atoms with Crippen LogP contribution in [0.5, 0.6) is 0 Å². The Morgan fingerprint density at radius 2 is 1.08 bits per heavy atom. The first-order valence-corrected chi connectivity index (χ1v) is 26.3. The minimum atomic E-state index is -1.07. The van der Waals surface area contributed by atoms with Gasteiger partial charge in [0.15, 0.2) is 0 Å². The van der Waals surface area contributed by atoms with Crippen LogP contribution in [-0.4, -0.2) is 12.3 Å². The summed E-state index contributed by atoms with van der Waals surface area (Å²) in [5, 5.41) is 1.60. The van der Waals surface area contributed by atoms with E-state index in [4.69, 9.17) is 0 Å². The second-order valence-corrected chi connectivity index (χ2v) is 25.7. The normalized spacial score (nSPS) is 17.0. The Kier molecular flexibility index (Phi) is 18.5. The van der Waals surface area contributed by atoms with E-state index < -0.39 is 8.07 Å². The summed E-state index contributed by atoms with van der Waals surface area (Å²) in [5.41, 5.74) is 19.2. The van der Waals surface area contributed by atoms with Crippen LogP contribution in [-0.2, 0) is 52.3 Å². The van der Waals surface area contributed by atoms with Crippen LogP contribution in [0.4, 0.5) is 0 Å². The van der Waals surface area contributed by atoms with Crippen molar-refractivity contribution in [2.45, 2.75) is 145 Å². The second-order valence-electron chi connectivity index (χ2n) is 20.7. The molecule has 0 radical (unpaired) electrons. The number of hydrogen-bond acceptors (Lipinski definition) is 0. The van der Waals surface area contributed by atoms with Gasteiger partial charge in [-0.1, -0.05) is 139 Å². The first-order valence-electron chi connectivity index (χ1n) is 21.1. The minimum absolute atomic E-state index is 0. The quantitative estimate of drug-likeness (QED) is 0.116. The van der Waals surface area contributed by atoms with Gasteiger partial charge in [0.2, 0.25) is 0 Å². The topological polar surface area (TPSA) is 0 Å². The second kappa shape index (κ2) is 20.7. The van der Waals surface area contributed by atoms with Crippen molar-refractivity contribution in [3.8, 4) is 11.1 Å². The maximum atomic E-state index is 3.65. The van der Waals surface area contributed by atoms with Crippen molar-refractivity contribution in [3.05, 3.63) is 165 Å². The van der Waals surface area contributed by atoms with E-state index in [1.807, 2.05) is 24.3 Å². The Balaban J connectivity index is 0.000000299. The summed E-state index contributed by atoms with van der Waals surface area (Å²) in [6.07, 6.45) is 12.9. The van der Waals surface area contributed by atoms with Gasteiger partial charge in [-0.2, -0.15) is 83.4 Å². The number of allylic oxidation sites excluding steroid dienone is 8. The molecule has 0 saturated carbocycles. The van der Waals surface area contributed by atoms with Gasteiger partial charge in [0, 0.05) is 5.41 Å². The maximum absolute atomic E-state index is 3.65. The van der Waals surface area contributed by atoms with E-state index in [0.29, 0.717) is 5.92 Å². The standard InChI is InChI=1S/C25H25.C10H17Si.2C10H13.CH2.2ClH.Zr/c1-14-12-24(3,4)22-8-16-7-17-9-23-19(15(2)13-25(23,5)6)11-21(17)20(16)10-18(14)22;1-8-6-9(2)10(7-8)11(3,4)5;2*1-10(2,3)9-7-5-4-6-8-9;;;;/h8-12H,7H2,1-6H3;7-8H,1-5H3;2*5-8H,1-3H3;1H2;2*1H;/q4*-1;;;;. The SMILES string of the molecule is CC(C)(C)c1cc[c-]cc1.CC(C)(C)c1cc[c-]cc1.CC1=[C-]C(C)(C)c2cc3c(cc21)-c1cc2c(cc1C3)C(C)(C)C=C2C.CC1=[C-]C(C)C=C1[Si](C)(C)C.Cl.Cl.[CH2]=[Zr]. The molecule has 8 rings (SSSR count). The molecule has 322 valence electrons. The van der Waals surface area contributed by atoms with Gasteiger partial charge in [0.25, 0.3) is 0 Å². The van der Waals surface area contributed by atoms with Crippen LogP contribution in [0.2, 0.25) is 19.6 Å². The molecule has 4 aliphatic carbocycles. The average Bonchev–Trinajstić information content (AvgIpc) is 3.82. The van der Waals surface area contributed by atoms with Crippen molar-refractivity contribution in [2.75, 3.05) is 0 Å². The molecule has 1 atom stereocenters. The third-order valence-corrected chi connectivity index (χ3v) is 13.8. The van der Waals surface area contributed by atoms with Gasteiger partial charge in [-0.3, -0.25) is 12.2 Å². The van der Waals surface area contributed by atoms with Crippen LogP contribution in [0.1, 0.15) is 141 Å². The Labute approximate surface area is 395 Å². The molecule has 0 fully saturated rings. The molecule has 0 bridgehead atoms. The van der Waals surface area contributed by atoms with E-state index in [9.17, 15) is 0 Å². The Hall–Kier alpha value is -2.61. The molecule has 0 aromatic heterocycles. The third kappa shape index (κ3) is 12.7. The average molecular weight is 935 g/mol. The van der Waals surface area contributed by atoms with Crippen molar-refractivity contribution < 1.29 is 24.2 Å². The van der Waals surface area contributed by atoms with Gasteiger partial charge in [0.1, 0.15) is 0 Å². The summed E-state index contributed by atoms with van der Waals surface area (Å²) < 4.78 is 3.34. The van der Waals surface area contributed by atoms with Crippen molar-refractivity contribution in [3.63, 3.8) is 0 Å². The molecule has 0 heterocycles.